The van der Waals surface area contributed by atoms with E-state index < -0.39 is 10.0 Å². The molecule has 1 aliphatic carbocycles. The Bertz CT molecular complexity index is 366. The van der Waals surface area contributed by atoms with Crippen LogP contribution in [0.2, 0.25) is 0 Å². The van der Waals surface area contributed by atoms with Crippen molar-refractivity contribution in [3.63, 3.8) is 0 Å². The highest BCUT2D eigenvalue weighted by atomic mass is 32.2. The van der Waals surface area contributed by atoms with E-state index in [1.807, 2.05) is 0 Å². The number of hydrogen-bond acceptors (Lipinski definition) is 4. The van der Waals surface area contributed by atoms with Crippen LogP contribution in [0.5, 0.6) is 0 Å². The molecule has 1 saturated carbocycles. The maximum Gasteiger partial charge on any atom is 0.308 e. The second-order valence-corrected chi connectivity index (χ2v) is 6.65. The predicted octanol–water partition coefficient (Wildman–Crippen LogP) is 0.364. The van der Waals surface area contributed by atoms with Crippen LogP contribution in [0.3, 0.4) is 0 Å². The molecule has 0 radical (unpaired) electrons. The standard InChI is InChI=1S/C10H17NO4S/c1-15-10(12)8-4-6-11(7-5-8)16(13,14)9-2-3-9/h8-9H,2-7H2,1H3. The van der Waals surface area contributed by atoms with Crippen molar-refractivity contribution in [2.75, 3.05) is 20.2 Å². The number of carbonyl (C=O) groups is 1. The Hall–Kier alpha value is -0.620. The van der Waals surface area contributed by atoms with Gasteiger partial charge in [0, 0.05) is 13.1 Å². The van der Waals surface area contributed by atoms with Gasteiger partial charge in [-0.1, -0.05) is 0 Å². The number of sulfonamides is 1. The molecule has 0 aromatic heterocycles. The summed E-state index contributed by atoms with van der Waals surface area (Å²) >= 11 is 0. The molecule has 16 heavy (non-hydrogen) atoms. The minimum atomic E-state index is -3.06. The zero-order valence-electron chi connectivity index (χ0n) is 9.39. The molecule has 0 N–H and O–H groups in total. The molecule has 0 unspecified atom stereocenters. The molecule has 92 valence electrons. The molecule has 0 amide bonds. The number of esters is 1. The van der Waals surface area contributed by atoms with E-state index in [1.165, 1.54) is 11.4 Å². The number of rotatable bonds is 3. The van der Waals surface area contributed by atoms with Crippen molar-refractivity contribution < 1.29 is 17.9 Å². The number of nitrogens with zero attached hydrogens (tertiary/aromatic N) is 1. The molecule has 2 rings (SSSR count). The molecule has 0 bridgehead atoms. The Kier molecular flexibility index (Phi) is 3.21. The Labute approximate surface area is 95.8 Å². The van der Waals surface area contributed by atoms with Gasteiger partial charge in [0.05, 0.1) is 18.3 Å². The van der Waals surface area contributed by atoms with Gasteiger partial charge in [0.15, 0.2) is 0 Å². The number of methoxy groups -OCH3 is 1. The van der Waals surface area contributed by atoms with Crippen molar-refractivity contribution in [1.82, 2.24) is 4.31 Å². The molecule has 0 aromatic carbocycles. The molecule has 5 nitrogen and oxygen atoms in total. The average Bonchev–Trinajstić information content (AvgIpc) is 3.12. The van der Waals surface area contributed by atoms with Crippen molar-refractivity contribution in [2.45, 2.75) is 30.9 Å². The number of carbonyl (C=O) groups excluding carboxylic acids is 1. The average molecular weight is 247 g/mol. The number of piperidine rings is 1. The van der Waals surface area contributed by atoms with Gasteiger partial charge in [-0.05, 0) is 25.7 Å². The van der Waals surface area contributed by atoms with Crippen molar-refractivity contribution >= 4 is 16.0 Å². The van der Waals surface area contributed by atoms with Gasteiger partial charge in [0.2, 0.25) is 10.0 Å². The maximum atomic E-state index is 11.9. The number of ether oxygens (including phenoxy) is 1. The largest absolute Gasteiger partial charge is 0.469 e. The first kappa shape index (κ1) is 11.9. The van der Waals surface area contributed by atoms with E-state index in [4.69, 9.17) is 0 Å². The lowest BCUT2D eigenvalue weighted by atomic mass is 9.99. The minimum Gasteiger partial charge on any atom is -0.469 e. The molecule has 2 fully saturated rings. The summed E-state index contributed by atoms with van der Waals surface area (Å²) in [7, 11) is -1.69. The third-order valence-corrected chi connectivity index (χ3v) is 5.69. The van der Waals surface area contributed by atoms with Crippen LogP contribution in [0.15, 0.2) is 0 Å². The van der Waals surface area contributed by atoms with E-state index in [1.54, 1.807) is 0 Å². The lowest BCUT2D eigenvalue weighted by molar-refractivity contribution is -0.146. The molecule has 1 aliphatic heterocycles. The molecule has 0 atom stereocenters. The van der Waals surface area contributed by atoms with Gasteiger partial charge in [-0.3, -0.25) is 4.79 Å². The van der Waals surface area contributed by atoms with Crippen molar-refractivity contribution in [3.05, 3.63) is 0 Å². The summed E-state index contributed by atoms with van der Waals surface area (Å²) in [6.07, 6.45) is 2.75. The van der Waals surface area contributed by atoms with Crippen LogP contribution in [-0.2, 0) is 19.6 Å². The van der Waals surface area contributed by atoms with E-state index in [0.717, 1.165) is 12.8 Å². The third-order valence-electron chi connectivity index (χ3n) is 3.29. The lowest BCUT2D eigenvalue weighted by Gasteiger charge is -2.29. The quantitative estimate of drug-likeness (QED) is 0.676. The van der Waals surface area contributed by atoms with Gasteiger partial charge >= 0.3 is 5.97 Å². The fourth-order valence-corrected chi connectivity index (χ4v) is 3.96. The molecule has 2 aliphatic rings. The van der Waals surface area contributed by atoms with Gasteiger partial charge in [0.25, 0.3) is 0 Å². The lowest BCUT2D eigenvalue weighted by Crippen LogP contribution is -2.41. The summed E-state index contributed by atoms with van der Waals surface area (Å²) in [5.74, 6) is -0.348. The highest BCUT2D eigenvalue weighted by Crippen LogP contribution is 2.33. The van der Waals surface area contributed by atoms with E-state index in [9.17, 15) is 13.2 Å². The van der Waals surface area contributed by atoms with Crippen LogP contribution in [0.4, 0.5) is 0 Å². The number of hydrogen-bond donors (Lipinski definition) is 0. The molecular weight excluding hydrogens is 230 g/mol. The molecule has 0 aromatic rings. The SMILES string of the molecule is COC(=O)C1CCN(S(=O)(=O)C2CC2)CC1. The first-order valence-electron chi connectivity index (χ1n) is 5.62. The summed E-state index contributed by atoms with van der Waals surface area (Å²) in [4.78, 5) is 11.3. The van der Waals surface area contributed by atoms with Crippen LogP contribution in [-0.4, -0.2) is 44.1 Å². The van der Waals surface area contributed by atoms with Crippen LogP contribution in [0, 0.1) is 5.92 Å². The van der Waals surface area contributed by atoms with Crippen molar-refractivity contribution in [1.29, 1.82) is 0 Å². The summed E-state index contributed by atoms with van der Waals surface area (Å²) < 4.78 is 30.0. The van der Waals surface area contributed by atoms with Crippen LogP contribution < -0.4 is 0 Å². The van der Waals surface area contributed by atoms with E-state index in [2.05, 4.69) is 4.74 Å². The minimum absolute atomic E-state index is 0.129. The zero-order valence-corrected chi connectivity index (χ0v) is 10.2. The molecule has 1 heterocycles. The van der Waals surface area contributed by atoms with E-state index in [0.29, 0.717) is 25.9 Å². The summed E-state index contributed by atoms with van der Waals surface area (Å²) in [5, 5.41) is -0.151. The van der Waals surface area contributed by atoms with Gasteiger partial charge < -0.3 is 4.74 Å². The monoisotopic (exact) mass is 247 g/mol. The maximum absolute atomic E-state index is 11.9. The van der Waals surface area contributed by atoms with Gasteiger partial charge in [-0.2, -0.15) is 0 Å². The Morgan fingerprint density at radius 1 is 1.19 bits per heavy atom. The summed E-state index contributed by atoms with van der Waals surface area (Å²) in [6, 6.07) is 0. The molecular formula is C10H17NO4S. The molecule has 0 spiro atoms. The van der Waals surface area contributed by atoms with Gasteiger partial charge in [-0.25, -0.2) is 12.7 Å². The van der Waals surface area contributed by atoms with Crippen molar-refractivity contribution in [2.24, 2.45) is 5.92 Å². The Morgan fingerprint density at radius 3 is 2.19 bits per heavy atom. The highest BCUT2D eigenvalue weighted by molar-refractivity contribution is 7.90. The van der Waals surface area contributed by atoms with Crippen LogP contribution in [0.25, 0.3) is 0 Å². The van der Waals surface area contributed by atoms with Crippen molar-refractivity contribution in [3.8, 4) is 0 Å². The van der Waals surface area contributed by atoms with Crippen LogP contribution >= 0.6 is 0 Å². The van der Waals surface area contributed by atoms with Gasteiger partial charge in [-0.15, -0.1) is 0 Å². The first-order valence-corrected chi connectivity index (χ1v) is 7.13. The van der Waals surface area contributed by atoms with Gasteiger partial charge in [0.1, 0.15) is 0 Å². The normalized spacial score (nSPS) is 24.3. The zero-order chi connectivity index (χ0) is 11.8. The molecule has 1 saturated heterocycles. The van der Waals surface area contributed by atoms with E-state index in [-0.39, 0.29) is 17.1 Å². The fourth-order valence-electron chi connectivity index (χ4n) is 2.09. The second-order valence-electron chi connectivity index (χ2n) is 4.44. The molecule has 6 heteroatoms. The third kappa shape index (κ3) is 2.22. The second kappa shape index (κ2) is 4.33. The first-order chi connectivity index (χ1) is 7.55. The van der Waals surface area contributed by atoms with Crippen LogP contribution in [0.1, 0.15) is 25.7 Å². The summed E-state index contributed by atoms with van der Waals surface area (Å²) in [5.41, 5.74) is 0. The van der Waals surface area contributed by atoms with E-state index >= 15 is 0 Å². The Balaban J connectivity index is 1.92. The Morgan fingerprint density at radius 2 is 1.75 bits per heavy atom. The highest BCUT2D eigenvalue weighted by Gasteiger charge is 2.41. The summed E-state index contributed by atoms with van der Waals surface area (Å²) in [6.45, 7) is 0.914. The fraction of sp³-hybridized carbons (Fsp3) is 0.900. The smallest absolute Gasteiger partial charge is 0.308 e. The topological polar surface area (TPSA) is 63.7 Å². The predicted molar refractivity (Wildman–Crippen MR) is 58.3 cm³/mol.